The second-order valence-corrected chi connectivity index (χ2v) is 9.36. The van der Waals surface area contributed by atoms with Crippen LogP contribution in [-0.4, -0.2) is 44.6 Å². The van der Waals surface area contributed by atoms with Crippen molar-refractivity contribution in [2.45, 2.75) is 4.90 Å². The van der Waals surface area contributed by atoms with Crippen LogP contribution in [0.1, 0.15) is 9.67 Å². The van der Waals surface area contributed by atoms with Crippen molar-refractivity contribution in [3.8, 4) is 11.4 Å². The number of ether oxygens (including phenoxy) is 1. The van der Waals surface area contributed by atoms with Crippen LogP contribution in [0.25, 0.3) is 22.3 Å². The van der Waals surface area contributed by atoms with Crippen LogP contribution in [0.15, 0.2) is 70.9 Å². The number of sulfonamides is 1. The van der Waals surface area contributed by atoms with Crippen molar-refractivity contribution in [1.82, 2.24) is 14.7 Å². The Morgan fingerprint density at radius 3 is 2.53 bits per heavy atom. The third-order valence-electron chi connectivity index (χ3n) is 4.63. The Morgan fingerprint density at radius 1 is 1.00 bits per heavy atom. The molecule has 8 nitrogen and oxygen atoms in total. The number of carbonyl (C=O) groups is 1. The van der Waals surface area contributed by atoms with Crippen LogP contribution in [0, 0.1) is 0 Å². The predicted molar refractivity (Wildman–Crippen MR) is 124 cm³/mol. The number of nitrogens with zero attached hydrogens (tertiary/aromatic N) is 2. The molecule has 10 heteroatoms. The van der Waals surface area contributed by atoms with Gasteiger partial charge in [-0.25, -0.2) is 27.9 Å². The number of aromatic nitrogens is 2. The maximum absolute atomic E-state index is 12.6. The molecule has 0 aliphatic rings. The van der Waals surface area contributed by atoms with Gasteiger partial charge < -0.3 is 10.1 Å². The van der Waals surface area contributed by atoms with Gasteiger partial charge in [0.1, 0.15) is 15.6 Å². The number of hydrogen-bond acceptors (Lipinski definition) is 8. The molecular formula is C22H20N4O4S2. The molecule has 4 rings (SSSR count). The fourth-order valence-electron chi connectivity index (χ4n) is 3.12. The molecule has 0 fully saturated rings. The molecular weight excluding hydrogens is 448 g/mol. The zero-order chi connectivity index (χ0) is 22.6. The lowest BCUT2D eigenvalue weighted by atomic mass is 10.2. The van der Waals surface area contributed by atoms with Crippen LogP contribution in [0.2, 0.25) is 0 Å². The summed E-state index contributed by atoms with van der Waals surface area (Å²) in [5.74, 6) is 0.507. The minimum absolute atomic E-state index is 0.0438. The number of rotatable bonds is 8. The Morgan fingerprint density at radius 2 is 1.75 bits per heavy atom. The quantitative estimate of drug-likeness (QED) is 0.301. The van der Waals surface area contributed by atoms with Crippen molar-refractivity contribution in [2.75, 3.05) is 25.5 Å². The summed E-state index contributed by atoms with van der Waals surface area (Å²) in [6.45, 7) is 0.379. The fourth-order valence-corrected chi connectivity index (χ4v) is 5.49. The van der Waals surface area contributed by atoms with E-state index >= 15 is 0 Å². The minimum Gasteiger partial charge on any atom is -0.465 e. The maximum atomic E-state index is 12.6. The average molecular weight is 469 g/mol. The van der Waals surface area contributed by atoms with E-state index < -0.39 is 16.0 Å². The summed E-state index contributed by atoms with van der Waals surface area (Å²) in [4.78, 5) is 21.0. The largest absolute Gasteiger partial charge is 0.465 e. The minimum atomic E-state index is -3.86. The zero-order valence-corrected chi connectivity index (χ0v) is 18.7. The third-order valence-corrected chi connectivity index (χ3v) is 7.16. The summed E-state index contributed by atoms with van der Waals surface area (Å²) >= 11 is 1.02. The Balaban J connectivity index is 1.50. The normalized spacial score (nSPS) is 11.4. The molecule has 2 aromatic carbocycles. The summed E-state index contributed by atoms with van der Waals surface area (Å²) in [6, 6.07) is 18.6. The molecule has 2 heterocycles. The van der Waals surface area contributed by atoms with Crippen molar-refractivity contribution in [3.63, 3.8) is 0 Å². The molecule has 0 aliphatic carbocycles. The van der Waals surface area contributed by atoms with Crippen LogP contribution in [0.5, 0.6) is 0 Å². The lowest BCUT2D eigenvalue weighted by Gasteiger charge is -2.12. The first-order valence-electron chi connectivity index (χ1n) is 9.71. The summed E-state index contributed by atoms with van der Waals surface area (Å²) in [5, 5.41) is 5.57. The van der Waals surface area contributed by atoms with Crippen LogP contribution < -0.4 is 10.0 Å². The third kappa shape index (κ3) is 4.62. The Labute approximate surface area is 189 Å². The molecule has 0 saturated carbocycles. The highest BCUT2D eigenvalue weighted by atomic mass is 32.2. The molecule has 4 aromatic rings. The Hall–Kier alpha value is -3.34. The Kier molecular flexibility index (Phi) is 6.45. The van der Waals surface area contributed by atoms with Gasteiger partial charge >= 0.3 is 5.97 Å². The van der Waals surface area contributed by atoms with E-state index in [9.17, 15) is 13.2 Å². The van der Waals surface area contributed by atoms with E-state index in [0.29, 0.717) is 11.6 Å². The lowest BCUT2D eigenvalue weighted by molar-refractivity contribution is 0.0602. The van der Waals surface area contributed by atoms with Gasteiger partial charge in [-0.3, -0.25) is 0 Å². The molecule has 0 atom stereocenters. The van der Waals surface area contributed by atoms with Crippen molar-refractivity contribution in [2.24, 2.45) is 0 Å². The molecule has 2 N–H and O–H groups in total. The molecule has 0 bridgehead atoms. The molecule has 32 heavy (non-hydrogen) atoms. The summed E-state index contributed by atoms with van der Waals surface area (Å²) in [7, 11) is -2.65. The maximum Gasteiger partial charge on any atom is 0.349 e. The van der Waals surface area contributed by atoms with Gasteiger partial charge in [-0.2, -0.15) is 0 Å². The van der Waals surface area contributed by atoms with Crippen molar-refractivity contribution in [3.05, 3.63) is 70.9 Å². The van der Waals surface area contributed by atoms with Gasteiger partial charge in [0.25, 0.3) is 0 Å². The van der Waals surface area contributed by atoms with Crippen LogP contribution in [0.3, 0.4) is 0 Å². The van der Waals surface area contributed by atoms with E-state index in [-0.39, 0.29) is 22.9 Å². The van der Waals surface area contributed by atoms with Gasteiger partial charge in [0.05, 0.1) is 12.6 Å². The van der Waals surface area contributed by atoms with Crippen LogP contribution in [-0.2, 0) is 14.8 Å². The SMILES string of the molecule is COC(=O)c1sccc1S(=O)(=O)NCCNc1nc(-c2ccccc2)nc2ccccc12. The fraction of sp³-hybridized carbons (Fsp3) is 0.136. The summed E-state index contributed by atoms with van der Waals surface area (Å²) < 4.78 is 32.4. The first-order valence-corrected chi connectivity index (χ1v) is 12.1. The Bertz CT molecular complexity index is 1350. The van der Waals surface area contributed by atoms with Gasteiger partial charge in [0.2, 0.25) is 10.0 Å². The van der Waals surface area contributed by atoms with Gasteiger partial charge in [-0.1, -0.05) is 42.5 Å². The molecule has 0 radical (unpaired) electrons. The molecule has 0 amide bonds. The number of anilines is 1. The summed E-state index contributed by atoms with van der Waals surface area (Å²) in [5.41, 5.74) is 1.67. The monoisotopic (exact) mass is 468 g/mol. The van der Waals surface area contributed by atoms with Gasteiger partial charge in [-0.05, 0) is 23.6 Å². The van der Waals surface area contributed by atoms with E-state index in [1.54, 1.807) is 0 Å². The van der Waals surface area contributed by atoms with Crippen molar-refractivity contribution < 1.29 is 17.9 Å². The number of hydrogen-bond donors (Lipinski definition) is 2. The van der Waals surface area contributed by atoms with Crippen LogP contribution in [0.4, 0.5) is 5.82 Å². The number of para-hydroxylation sites is 1. The number of fused-ring (bicyclic) bond motifs is 1. The number of nitrogens with one attached hydrogen (secondary N) is 2. The van der Waals surface area contributed by atoms with E-state index in [0.717, 1.165) is 27.8 Å². The van der Waals surface area contributed by atoms with Crippen molar-refractivity contribution in [1.29, 1.82) is 0 Å². The number of carbonyl (C=O) groups excluding carboxylic acids is 1. The highest BCUT2D eigenvalue weighted by molar-refractivity contribution is 7.89. The van der Waals surface area contributed by atoms with E-state index in [2.05, 4.69) is 24.7 Å². The predicted octanol–water partition coefficient (Wildman–Crippen LogP) is 3.54. The average Bonchev–Trinajstić information content (AvgIpc) is 3.33. The lowest BCUT2D eigenvalue weighted by Crippen LogP contribution is -2.29. The van der Waals surface area contributed by atoms with Gasteiger partial charge in [0.15, 0.2) is 5.82 Å². The second-order valence-electron chi connectivity index (χ2n) is 6.71. The molecule has 164 valence electrons. The molecule has 0 saturated heterocycles. The zero-order valence-electron chi connectivity index (χ0n) is 17.1. The van der Waals surface area contributed by atoms with Crippen molar-refractivity contribution >= 4 is 44.1 Å². The number of esters is 1. The highest BCUT2D eigenvalue weighted by Crippen LogP contribution is 2.25. The number of benzene rings is 2. The molecule has 2 aromatic heterocycles. The summed E-state index contributed by atoms with van der Waals surface area (Å²) in [6.07, 6.45) is 0. The van der Waals surface area contributed by atoms with Gasteiger partial charge in [-0.15, -0.1) is 11.3 Å². The number of thiophene rings is 1. The van der Waals surface area contributed by atoms with Crippen LogP contribution >= 0.6 is 11.3 Å². The molecule has 0 spiro atoms. The smallest absolute Gasteiger partial charge is 0.349 e. The topological polar surface area (TPSA) is 110 Å². The standard InChI is InChI=1S/C22H20N4O4S2/c1-30-22(27)19-18(11-14-31-19)32(28,29)24-13-12-23-21-16-9-5-6-10-17(16)25-20(26-21)15-7-3-2-4-8-15/h2-11,14,24H,12-13H2,1H3,(H,23,25,26). The molecule has 0 unspecified atom stereocenters. The first kappa shape index (κ1) is 21.9. The van der Waals surface area contributed by atoms with E-state index in [1.807, 2.05) is 54.6 Å². The number of methoxy groups -OCH3 is 1. The molecule has 0 aliphatic heterocycles. The first-order chi connectivity index (χ1) is 15.5. The van der Waals surface area contributed by atoms with E-state index in [1.165, 1.54) is 18.6 Å². The second kappa shape index (κ2) is 9.43. The van der Waals surface area contributed by atoms with E-state index in [4.69, 9.17) is 0 Å². The van der Waals surface area contributed by atoms with Gasteiger partial charge in [0, 0.05) is 24.0 Å². The highest BCUT2D eigenvalue weighted by Gasteiger charge is 2.24.